The minimum atomic E-state index is -4.16. The average molecular weight is 341 g/mol. The highest BCUT2D eigenvalue weighted by atomic mass is 19.4. The number of nitrogens with zero attached hydrogens (tertiary/aromatic N) is 1. The lowest BCUT2D eigenvalue weighted by Crippen LogP contribution is -2.48. The summed E-state index contributed by atoms with van der Waals surface area (Å²) in [5.41, 5.74) is 2.38. The highest BCUT2D eigenvalue weighted by Gasteiger charge is 2.34. The van der Waals surface area contributed by atoms with Crippen LogP contribution in [0.3, 0.4) is 0 Å². The number of benzene rings is 1. The molecule has 2 aliphatic rings. The van der Waals surface area contributed by atoms with Crippen LogP contribution in [-0.2, 0) is 17.8 Å². The standard InChI is InChI=1S/C17H22F3N3O/c18-17(19,20)11-23-6-5-12(10-23)8-22-16(24)15-7-13-3-1-2-4-14(13)9-21-15/h1-4,12,15,21H,5-11H2,(H,22,24). The van der Waals surface area contributed by atoms with Crippen molar-refractivity contribution in [3.8, 4) is 0 Å². The van der Waals surface area contributed by atoms with E-state index in [0.29, 0.717) is 39.0 Å². The maximum absolute atomic E-state index is 12.4. The molecular weight excluding hydrogens is 319 g/mol. The van der Waals surface area contributed by atoms with Crippen molar-refractivity contribution in [3.63, 3.8) is 0 Å². The summed E-state index contributed by atoms with van der Waals surface area (Å²) in [6, 6.07) is 7.75. The molecule has 0 bridgehead atoms. The molecule has 1 aromatic rings. The molecule has 0 saturated carbocycles. The third-order valence-electron chi connectivity index (χ3n) is 4.74. The fraction of sp³-hybridized carbons (Fsp3) is 0.588. The lowest BCUT2D eigenvalue weighted by atomic mass is 9.95. The van der Waals surface area contributed by atoms with Gasteiger partial charge >= 0.3 is 6.18 Å². The molecule has 0 radical (unpaired) electrons. The first kappa shape index (κ1) is 17.2. The maximum atomic E-state index is 12.4. The van der Waals surface area contributed by atoms with Gasteiger partial charge in [-0.3, -0.25) is 9.69 Å². The molecule has 3 rings (SSSR count). The van der Waals surface area contributed by atoms with Crippen LogP contribution in [0.4, 0.5) is 13.2 Å². The Hall–Kier alpha value is -1.60. The Labute approximate surface area is 139 Å². The largest absolute Gasteiger partial charge is 0.401 e. The zero-order valence-electron chi connectivity index (χ0n) is 13.4. The summed E-state index contributed by atoms with van der Waals surface area (Å²) in [7, 11) is 0. The quantitative estimate of drug-likeness (QED) is 0.876. The van der Waals surface area contributed by atoms with Crippen LogP contribution in [0.2, 0.25) is 0 Å². The van der Waals surface area contributed by atoms with Crippen LogP contribution < -0.4 is 10.6 Å². The maximum Gasteiger partial charge on any atom is 0.401 e. The molecule has 2 unspecified atom stereocenters. The van der Waals surface area contributed by atoms with Gasteiger partial charge in [-0.25, -0.2) is 0 Å². The second kappa shape index (κ2) is 7.11. The molecular formula is C17H22F3N3O. The molecule has 4 nitrogen and oxygen atoms in total. The van der Waals surface area contributed by atoms with Gasteiger partial charge in [0.25, 0.3) is 0 Å². The highest BCUT2D eigenvalue weighted by Crippen LogP contribution is 2.22. The van der Waals surface area contributed by atoms with Crippen molar-refractivity contribution in [1.29, 1.82) is 0 Å². The van der Waals surface area contributed by atoms with E-state index in [1.807, 2.05) is 24.3 Å². The topological polar surface area (TPSA) is 44.4 Å². The summed E-state index contributed by atoms with van der Waals surface area (Å²) < 4.78 is 37.2. The molecule has 1 saturated heterocycles. The van der Waals surface area contributed by atoms with Crippen molar-refractivity contribution in [2.24, 2.45) is 5.92 Å². The fourth-order valence-electron chi connectivity index (χ4n) is 3.48. The molecule has 2 atom stereocenters. The molecule has 1 fully saturated rings. The van der Waals surface area contributed by atoms with Gasteiger partial charge in [-0.2, -0.15) is 13.2 Å². The van der Waals surface area contributed by atoms with Gasteiger partial charge in [0.1, 0.15) is 0 Å². The number of hydrogen-bond acceptors (Lipinski definition) is 3. The van der Waals surface area contributed by atoms with E-state index >= 15 is 0 Å². The van der Waals surface area contributed by atoms with Gasteiger partial charge in [0.15, 0.2) is 0 Å². The predicted molar refractivity (Wildman–Crippen MR) is 84.4 cm³/mol. The Balaban J connectivity index is 1.44. The molecule has 0 aromatic heterocycles. The summed E-state index contributed by atoms with van der Waals surface area (Å²) in [4.78, 5) is 13.7. The van der Waals surface area contributed by atoms with Crippen LogP contribution >= 0.6 is 0 Å². The number of likely N-dealkylation sites (tertiary alicyclic amines) is 1. The number of carbonyl (C=O) groups excluding carboxylic acids is 1. The van der Waals surface area contributed by atoms with Crippen LogP contribution in [0.15, 0.2) is 24.3 Å². The predicted octanol–water partition coefficient (Wildman–Crippen LogP) is 1.70. The van der Waals surface area contributed by atoms with Gasteiger partial charge in [-0.05, 0) is 36.4 Å². The summed E-state index contributed by atoms with van der Waals surface area (Å²) in [6.45, 7) is 1.07. The minimum Gasteiger partial charge on any atom is -0.354 e. The third kappa shape index (κ3) is 4.48. The molecule has 2 N–H and O–H groups in total. The molecule has 1 amide bonds. The molecule has 2 aliphatic heterocycles. The number of hydrogen-bond donors (Lipinski definition) is 2. The summed E-state index contributed by atoms with van der Waals surface area (Å²) in [6.07, 6.45) is -2.82. The van der Waals surface area contributed by atoms with E-state index in [0.717, 1.165) is 0 Å². The van der Waals surface area contributed by atoms with E-state index in [4.69, 9.17) is 0 Å². The van der Waals surface area contributed by atoms with Crippen LogP contribution in [-0.4, -0.2) is 49.2 Å². The summed E-state index contributed by atoms with van der Waals surface area (Å²) in [5.74, 6) is 0.0194. The van der Waals surface area contributed by atoms with Crippen molar-refractivity contribution >= 4 is 5.91 Å². The minimum absolute atomic E-state index is 0.0706. The van der Waals surface area contributed by atoms with Gasteiger partial charge in [-0.1, -0.05) is 24.3 Å². The Morgan fingerprint density at radius 1 is 1.29 bits per heavy atom. The van der Waals surface area contributed by atoms with E-state index in [9.17, 15) is 18.0 Å². The molecule has 24 heavy (non-hydrogen) atoms. The first-order valence-corrected chi connectivity index (χ1v) is 8.28. The second-order valence-electron chi connectivity index (χ2n) is 6.66. The SMILES string of the molecule is O=C(NCC1CCN(CC(F)(F)F)C1)C1Cc2ccccc2CN1. The molecule has 1 aromatic carbocycles. The van der Waals surface area contributed by atoms with Crippen molar-refractivity contribution < 1.29 is 18.0 Å². The monoisotopic (exact) mass is 341 g/mol. The molecule has 7 heteroatoms. The Morgan fingerprint density at radius 2 is 2.04 bits per heavy atom. The smallest absolute Gasteiger partial charge is 0.354 e. The van der Waals surface area contributed by atoms with Crippen molar-refractivity contribution in [2.45, 2.75) is 31.6 Å². The number of carbonyl (C=O) groups is 1. The van der Waals surface area contributed by atoms with Gasteiger partial charge in [0, 0.05) is 19.6 Å². The van der Waals surface area contributed by atoms with E-state index in [-0.39, 0.29) is 17.9 Å². The zero-order chi connectivity index (χ0) is 17.2. The van der Waals surface area contributed by atoms with E-state index < -0.39 is 12.7 Å². The number of amides is 1. The number of halogens is 3. The van der Waals surface area contributed by atoms with E-state index in [1.54, 1.807) is 0 Å². The zero-order valence-corrected chi connectivity index (χ0v) is 13.4. The van der Waals surface area contributed by atoms with Crippen molar-refractivity contribution in [2.75, 3.05) is 26.2 Å². The van der Waals surface area contributed by atoms with Crippen LogP contribution in [0.25, 0.3) is 0 Å². The van der Waals surface area contributed by atoms with Crippen LogP contribution in [0.1, 0.15) is 17.5 Å². The number of alkyl halides is 3. The van der Waals surface area contributed by atoms with Crippen molar-refractivity contribution in [1.82, 2.24) is 15.5 Å². The first-order valence-electron chi connectivity index (χ1n) is 8.28. The van der Waals surface area contributed by atoms with Gasteiger partial charge in [0.05, 0.1) is 12.6 Å². The molecule has 0 spiro atoms. The second-order valence-corrected chi connectivity index (χ2v) is 6.66. The molecule has 2 heterocycles. The highest BCUT2D eigenvalue weighted by molar-refractivity contribution is 5.82. The summed E-state index contributed by atoms with van der Waals surface area (Å²) >= 11 is 0. The molecule has 132 valence electrons. The van der Waals surface area contributed by atoms with Gasteiger partial charge in [-0.15, -0.1) is 0 Å². The number of fused-ring (bicyclic) bond motifs is 1. The Bertz CT molecular complexity index is 591. The number of rotatable bonds is 4. The lowest BCUT2D eigenvalue weighted by molar-refractivity contribution is -0.143. The van der Waals surface area contributed by atoms with Gasteiger partial charge in [0.2, 0.25) is 5.91 Å². The van der Waals surface area contributed by atoms with Crippen LogP contribution in [0, 0.1) is 5.92 Å². The van der Waals surface area contributed by atoms with E-state index in [1.165, 1.54) is 16.0 Å². The first-order chi connectivity index (χ1) is 11.4. The Kier molecular flexibility index (Phi) is 5.10. The van der Waals surface area contributed by atoms with Crippen LogP contribution in [0.5, 0.6) is 0 Å². The van der Waals surface area contributed by atoms with Crippen molar-refractivity contribution in [3.05, 3.63) is 35.4 Å². The average Bonchev–Trinajstić information content (AvgIpc) is 2.97. The number of nitrogens with one attached hydrogen (secondary N) is 2. The fourth-order valence-corrected chi connectivity index (χ4v) is 3.48. The Morgan fingerprint density at radius 3 is 2.79 bits per heavy atom. The normalized spacial score (nSPS) is 24.6. The molecule has 0 aliphatic carbocycles. The summed E-state index contributed by atoms with van der Waals surface area (Å²) in [5, 5.41) is 6.12. The third-order valence-corrected chi connectivity index (χ3v) is 4.74. The lowest BCUT2D eigenvalue weighted by Gasteiger charge is -2.26. The van der Waals surface area contributed by atoms with Gasteiger partial charge < -0.3 is 10.6 Å². The van der Waals surface area contributed by atoms with E-state index in [2.05, 4.69) is 10.6 Å².